The molecule has 1 unspecified atom stereocenters. The quantitative estimate of drug-likeness (QED) is 0.578. The first-order valence-corrected chi connectivity index (χ1v) is 4.24. The van der Waals surface area contributed by atoms with Crippen LogP contribution < -0.4 is 0 Å². The van der Waals surface area contributed by atoms with Crippen LogP contribution in [0.2, 0.25) is 0 Å². The molecule has 1 fully saturated rings. The Morgan fingerprint density at radius 2 is 2.42 bits per heavy atom. The molecule has 1 aliphatic rings. The van der Waals surface area contributed by atoms with E-state index in [9.17, 15) is 4.79 Å². The number of aliphatic hydroxyl groups is 1. The zero-order chi connectivity index (χ0) is 8.97. The van der Waals surface area contributed by atoms with Gasteiger partial charge >= 0.3 is 5.97 Å². The molecule has 1 N–H and O–H groups in total. The van der Waals surface area contributed by atoms with Crippen molar-refractivity contribution >= 4 is 5.97 Å². The number of hydrogen-bond donors (Lipinski definition) is 1. The molecule has 12 heavy (non-hydrogen) atoms. The summed E-state index contributed by atoms with van der Waals surface area (Å²) >= 11 is 0. The Kier molecular flexibility index (Phi) is 3.49. The number of β-amino-alcohol motifs (C(OH)–C–C–N with tert-alkyl or cyclic N) is 1. The molecule has 1 atom stereocenters. The molecule has 4 heteroatoms. The lowest BCUT2D eigenvalue weighted by Crippen LogP contribution is -2.33. The van der Waals surface area contributed by atoms with Gasteiger partial charge in [-0.3, -0.25) is 9.69 Å². The van der Waals surface area contributed by atoms with Gasteiger partial charge in [-0.1, -0.05) is 0 Å². The fraction of sp³-hybridized carbons (Fsp3) is 0.875. The van der Waals surface area contributed by atoms with Gasteiger partial charge in [-0.15, -0.1) is 0 Å². The molecule has 0 aliphatic carbocycles. The van der Waals surface area contributed by atoms with Gasteiger partial charge in [-0.2, -0.15) is 0 Å². The molecule has 0 bridgehead atoms. The van der Waals surface area contributed by atoms with E-state index in [0.717, 1.165) is 6.54 Å². The third-order valence-corrected chi connectivity index (χ3v) is 1.83. The van der Waals surface area contributed by atoms with Gasteiger partial charge in [0, 0.05) is 19.6 Å². The molecule has 4 nitrogen and oxygen atoms in total. The highest BCUT2D eigenvalue weighted by atomic mass is 16.5. The second-order valence-corrected chi connectivity index (χ2v) is 3.12. The maximum atomic E-state index is 10.8. The molecule has 0 aromatic carbocycles. The first kappa shape index (κ1) is 9.48. The van der Waals surface area contributed by atoms with Crippen LogP contribution in [0.5, 0.6) is 0 Å². The summed E-state index contributed by atoms with van der Waals surface area (Å²) in [4.78, 5) is 12.8. The fourth-order valence-electron chi connectivity index (χ4n) is 1.28. The Morgan fingerprint density at radius 3 is 3.08 bits per heavy atom. The number of ether oxygens (including phenoxy) is 1. The predicted octanol–water partition coefficient (Wildman–Crippen LogP) is -0.384. The van der Waals surface area contributed by atoms with Crippen LogP contribution in [-0.2, 0) is 9.53 Å². The lowest BCUT2D eigenvalue weighted by molar-refractivity contribution is -0.142. The largest absolute Gasteiger partial charge is 0.464 e. The minimum absolute atomic E-state index is 0.136. The summed E-state index contributed by atoms with van der Waals surface area (Å²) < 4.78 is 4.85. The van der Waals surface area contributed by atoms with Crippen molar-refractivity contribution in [2.24, 2.45) is 0 Å². The smallest absolute Gasteiger partial charge is 0.307 e. The average Bonchev–Trinajstić information content (AvgIpc) is 2.15. The van der Waals surface area contributed by atoms with Gasteiger partial charge in [0.05, 0.1) is 12.5 Å². The molecule has 0 saturated carbocycles. The number of nitrogens with zero attached hydrogens (tertiary/aromatic N) is 1. The van der Waals surface area contributed by atoms with E-state index < -0.39 is 0 Å². The summed E-state index contributed by atoms with van der Waals surface area (Å²) in [6.07, 6.45) is 0.102. The first-order valence-electron chi connectivity index (χ1n) is 4.24. The topological polar surface area (TPSA) is 49.8 Å². The third kappa shape index (κ3) is 3.19. The zero-order valence-corrected chi connectivity index (χ0v) is 7.32. The van der Waals surface area contributed by atoms with E-state index in [-0.39, 0.29) is 12.1 Å². The molecule has 1 rings (SSSR count). The monoisotopic (exact) mass is 173 g/mol. The molecule has 0 radical (unpaired) electrons. The number of carbonyl (C=O) groups excluding carboxylic acids is 1. The highest BCUT2D eigenvalue weighted by Gasteiger charge is 2.15. The molecule has 0 aromatic rings. The maximum absolute atomic E-state index is 10.8. The number of hydrogen-bond acceptors (Lipinski definition) is 4. The minimum Gasteiger partial charge on any atom is -0.464 e. The van der Waals surface area contributed by atoms with Crippen LogP contribution in [0, 0.1) is 0 Å². The van der Waals surface area contributed by atoms with Crippen LogP contribution >= 0.6 is 0 Å². The third-order valence-electron chi connectivity index (χ3n) is 1.83. The molecule has 1 aliphatic heterocycles. The number of esters is 1. The van der Waals surface area contributed by atoms with Crippen LogP contribution in [0.4, 0.5) is 0 Å². The van der Waals surface area contributed by atoms with Crippen LogP contribution in [-0.4, -0.2) is 48.3 Å². The summed E-state index contributed by atoms with van der Waals surface area (Å²) in [6, 6.07) is 0. The van der Waals surface area contributed by atoms with E-state index in [0.29, 0.717) is 26.1 Å². The molecular weight excluding hydrogens is 158 g/mol. The standard InChI is InChI=1S/C8H15NO3/c1-7(10)6-9-3-2-8(11)12-5-4-9/h7,10H,2-6H2,1H3. The van der Waals surface area contributed by atoms with Crippen molar-refractivity contribution in [1.29, 1.82) is 0 Å². The number of cyclic esters (lactones) is 1. The van der Waals surface area contributed by atoms with Gasteiger partial charge in [0.15, 0.2) is 0 Å². The Morgan fingerprint density at radius 1 is 1.67 bits per heavy atom. The molecule has 0 aromatic heterocycles. The zero-order valence-electron chi connectivity index (χ0n) is 7.32. The summed E-state index contributed by atoms with van der Waals surface area (Å²) in [5, 5.41) is 9.09. The summed E-state index contributed by atoms with van der Waals surface area (Å²) in [5.74, 6) is -0.136. The Balaban J connectivity index is 2.30. The number of aliphatic hydroxyl groups excluding tert-OH is 1. The summed E-state index contributed by atoms with van der Waals surface area (Å²) in [7, 11) is 0. The van der Waals surface area contributed by atoms with E-state index in [1.807, 2.05) is 4.90 Å². The molecule has 0 spiro atoms. The lowest BCUT2D eigenvalue weighted by Gasteiger charge is -2.19. The van der Waals surface area contributed by atoms with Gasteiger partial charge < -0.3 is 9.84 Å². The van der Waals surface area contributed by atoms with Gasteiger partial charge in [0.1, 0.15) is 6.61 Å². The second-order valence-electron chi connectivity index (χ2n) is 3.12. The van der Waals surface area contributed by atoms with E-state index in [1.54, 1.807) is 6.92 Å². The highest BCUT2D eigenvalue weighted by Crippen LogP contribution is 2.01. The molecule has 70 valence electrons. The van der Waals surface area contributed by atoms with Gasteiger partial charge in [-0.25, -0.2) is 0 Å². The normalized spacial score (nSPS) is 23.0. The van der Waals surface area contributed by atoms with Crippen molar-refractivity contribution in [3.63, 3.8) is 0 Å². The number of rotatable bonds is 2. The molecule has 1 saturated heterocycles. The second kappa shape index (κ2) is 4.42. The van der Waals surface area contributed by atoms with E-state index in [4.69, 9.17) is 9.84 Å². The van der Waals surface area contributed by atoms with Crippen molar-refractivity contribution in [3.8, 4) is 0 Å². The van der Waals surface area contributed by atoms with Crippen LogP contribution in [0.3, 0.4) is 0 Å². The van der Waals surface area contributed by atoms with Crippen LogP contribution in [0.15, 0.2) is 0 Å². The number of carbonyl (C=O) groups is 1. The van der Waals surface area contributed by atoms with Crippen LogP contribution in [0.1, 0.15) is 13.3 Å². The van der Waals surface area contributed by atoms with Crippen molar-refractivity contribution in [2.75, 3.05) is 26.2 Å². The fourth-order valence-corrected chi connectivity index (χ4v) is 1.28. The van der Waals surface area contributed by atoms with E-state index in [1.165, 1.54) is 0 Å². The maximum Gasteiger partial charge on any atom is 0.307 e. The highest BCUT2D eigenvalue weighted by molar-refractivity contribution is 5.69. The van der Waals surface area contributed by atoms with Crippen molar-refractivity contribution in [1.82, 2.24) is 4.90 Å². The van der Waals surface area contributed by atoms with Crippen molar-refractivity contribution in [3.05, 3.63) is 0 Å². The summed E-state index contributed by atoms with van der Waals surface area (Å²) in [6.45, 7) is 4.25. The Labute approximate surface area is 72.1 Å². The minimum atomic E-state index is -0.335. The van der Waals surface area contributed by atoms with Crippen LogP contribution in [0.25, 0.3) is 0 Å². The van der Waals surface area contributed by atoms with Crippen molar-refractivity contribution < 1.29 is 14.6 Å². The van der Waals surface area contributed by atoms with Gasteiger partial charge in [-0.05, 0) is 6.92 Å². The summed E-state index contributed by atoms with van der Waals surface area (Å²) in [5.41, 5.74) is 0. The molecule has 1 heterocycles. The SMILES string of the molecule is CC(O)CN1CCOC(=O)CC1. The van der Waals surface area contributed by atoms with E-state index in [2.05, 4.69) is 0 Å². The lowest BCUT2D eigenvalue weighted by atomic mass is 10.3. The van der Waals surface area contributed by atoms with Gasteiger partial charge in [0.25, 0.3) is 0 Å². The predicted molar refractivity (Wildman–Crippen MR) is 43.7 cm³/mol. The molecular formula is C8H15NO3. The Hall–Kier alpha value is -0.610. The van der Waals surface area contributed by atoms with E-state index >= 15 is 0 Å². The average molecular weight is 173 g/mol. The van der Waals surface area contributed by atoms with Crippen molar-refractivity contribution in [2.45, 2.75) is 19.4 Å². The van der Waals surface area contributed by atoms with Gasteiger partial charge in [0.2, 0.25) is 0 Å². The first-order chi connectivity index (χ1) is 5.68. The molecule has 0 amide bonds. The Bertz CT molecular complexity index is 158.